The molecule has 4 saturated heterocycles. The number of ether oxygens (including phenoxy) is 1. The minimum absolute atomic E-state index is 0.0134. The molecule has 0 bridgehead atoms. The van der Waals surface area contributed by atoms with Gasteiger partial charge in [0.25, 0.3) is 0 Å². The van der Waals surface area contributed by atoms with Crippen molar-refractivity contribution in [2.24, 2.45) is 5.41 Å². The zero-order chi connectivity index (χ0) is 21.6. The van der Waals surface area contributed by atoms with Crippen LogP contribution >= 0.6 is 23.5 Å². The molecule has 1 aromatic carbocycles. The molecule has 4 fully saturated rings. The van der Waals surface area contributed by atoms with E-state index in [0.717, 1.165) is 50.3 Å². The van der Waals surface area contributed by atoms with Crippen LogP contribution in [0.5, 0.6) is 0 Å². The Balaban J connectivity index is 1.10. The Bertz CT molecular complexity index is 874. The van der Waals surface area contributed by atoms with Crippen LogP contribution in [0, 0.1) is 11.2 Å². The highest BCUT2D eigenvalue weighted by Crippen LogP contribution is 2.46. The van der Waals surface area contributed by atoms with E-state index >= 15 is 0 Å². The smallest absolute Gasteiger partial charge is 0.320 e. The maximum atomic E-state index is 13.2. The number of likely N-dealkylation sites (tertiary alicyclic amines) is 2. The van der Waals surface area contributed by atoms with Gasteiger partial charge in [-0.2, -0.15) is 0 Å². The molecule has 1 N–H and O–H groups in total. The number of piperidine rings is 2. The number of halogens is 2. The van der Waals surface area contributed by atoms with E-state index in [9.17, 15) is 14.0 Å². The number of rotatable bonds is 2. The van der Waals surface area contributed by atoms with Crippen LogP contribution in [0.15, 0.2) is 23.1 Å². The molecule has 3 amide bonds. The molecule has 1 spiro atoms. The summed E-state index contributed by atoms with van der Waals surface area (Å²) in [7, 11) is 0. The minimum Gasteiger partial charge on any atom is -0.366 e. The molecule has 2 atom stereocenters. The molecule has 4 heterocycles. The molecule has 0 radical (unpaired) electrons. The van der Waals surface area contributed by atoms with Crippen molar-refractivity contribution in [1.29, 1.82) is 0 Å². The number of benzene rings is 1. The lowest BCUT2D eigenvalue weighted by molar-refractivity contribution is -0.139. The van der Waals surface area contributed by atoms with Gasteiger partial charge in [-0.05, 0) is 49.4 Å². The number of amides is 3. The van der Waals surface area contributed by atoms with Crippen molar-refractivity contribution in [1.82, 2.24) is 19.4 Å². The quantitative estimate of drug-likeness (QED) is 0.676. The molecule has 31 heavy (non-hydrogen) atoms. The van der Waals surface area contributed by atoms with Gasteiger partial charge >= 0.3 is 6.03 Å². The van der Waals surface area contributed by atoms with Crippen LogP contribution in [0.2, 0.25) is 5.02 Å². The van der Waals surface area contributed by atoms with Crippen LogP contribution in [0.4, 0.5) is 9.18 Å². The molecule has 7 nitrogen and oxygen atoms in total. The van der Waals surface area contributed by atoms with Crippen molar-refractivity contribution in [2.75, 3.05) is 45.9 Å². The average Bonchev–Trinajstić information content (AvgIpc) is 2.74. The summed E-state index contributed by atoms with van der Waals surface area (Å²) in [6, 6.07) is 4.46. The third-order valence-corrected chi connectivity index (χ3v) is 8.33. The summed E-state index contributed by atoms with van der Waals surface area (Å²) in [5.74, 6) is -0.432. The largest absolute Gasteiger partial charge is 0.366 e. The fourth-order valence-electron chi connectivity index (χ4n) is 5.02. The lowest BCUT2D eigenvalue weighted by atomic mass is 9.73. The number of nitrogens with one attached hydrogen (secondary N) is 1. The van der Waals surface area contributed by atoms with Crippen molar-refractivity contribution in [3.05, 3.63) is 29.0 Å². The van der Waals surface area contributed by atoms with Gasteiger partial charge in [0.05, 0.1) is 17.2 Å². The van der Waals surface area contributed by atoms with Crippen LogP contribution in [0.1, 0.15) is 19.3 Å². The highest BCUT2D eigenvalue weighted by molar-refractivity contribution is 7.97. The lowest BCUT2D eigenvalue weighted by Crippen LogP contribution is -2.63. The highest BCUT2D eigenvalue weighted by atomic mass is 35.5. The number of morpholine rings is 1. The van der Waals surface area contributed by atoms with E-state index in [1.54, 1.807) is 18.0 Å². The topological polar surface area (TPSA) is 65.1 Å². The Hall–Kier alpha value is -1.55. The standard InChI is InChI=1S/C21H26ClFN4O3S/c22-15-9-14(23)1-2-18(15)31-27-12-21(13-27)4-7-25(8-5-21)20(29)26-6-3-17-16(10-26)24-19(28)11-30-17/h1-2,9,16-17H,3-8,10-13H2,(H,24,28)/t16-,17+/m1/s1. The Morgan fingerprint density at radius 3 is 2.74 bits per heavy atom. The van der Waals surface area contributed by atoms with Gasteiger partial charge < -0.3 is 19.9 Å². The normalized spacial score (nSPS) is 28.1. The van der Waals surface area contributed by atoms with E-state index in [1.165, 1.54) is 12.1 Å². The number of urea groups is 1. The fraction of sp³-hybridized carbons (Fsp3) is 0.619. The maximum Gasteiger partial charge on any atom is 0.320 e. The van der Waals surface area contributed by atoms with Gasteiger partial charge in [0, 0.05) is 49.6 Å². The predicted octanol–water partition coefficient (Wildman–Crippen LogP) is 2.59. The van der Waals surface area contributed by atoms with Gasteiger partial charge in [-0.15, -0.1) is 0 Å². The van der Waals surface area contributed by atoms with Crippen LogP contribution in [-0.4, -0.2) is 84.1 Å². The second kappa shape index (κ2) is 8.42. The van der Waals surface area contributed by atoms with Crippen LogP contribution in [-0.2, 0) is 9.53 Å². The van der Waals surface area contributed by atoms with E-state index in [0.29, 0.717) is 18.1 Å². The molecule has 0 aromatic heterocycles. The molecule has 0 unspecified atom stereocenters. The summed E-state index contributed by atoms with van der Waals surface area (Å²) in [5, 5.41) is 3.39. The van der Waals surface area contributed by atoms with Crippen molar-refractivity contribution in [3.63, 3.8) is 0 Å². The first-order chi connectivity index (χ1) is 14.9. The average molecular weight is 469 g/mol. The Kier molecular flexibility index (Phi) is 5.79. The Morgan fingerprint density at radius 1 is 1.23 bits per heavy atom. The third kappa shape index (κ3) is 4.37. The molecule has 4 aliphatic heterocycles. The first-order valence-electron chi connectivity index (χ1n) is 10.7. The number of nitrogens with zero attached hydrogens (tertiary/aromatic N) is 3. The van der Waals surface area contributed by atoms with E-state index in [-0.39, 0.29) is 41.9 Å². The zero-order valence-electron chi connectivity index (χ0n) is 17.2. The number of carbonyl (C=O) groups excluding carboxylic acids is 2. The molecule has 10 heteroatoms. The molecule has 168 valence electrons. The van der Waals surface area contributed by atoms with Crippen LogP contribution in [0.3, 0.4) is 0 Å². The summed E-state index contributed by atoms with van der Waals surface area (Å²) in [4.78, 5) is 29.3. The van der Waals surface area contributed by atoms with Crippen molar-refractivity contribution < 1.29 is 18.7 Å². The van der Waals surface area contributed by atoms with Gasteiger partial charge in [0.1, 0.15) is 12.4 Å². The highest BCUT2D eigenvalue weighted by Gasteiger charge is 2.47. The van der Waals surface area contributed by atoms with E-state index < -0.39 is 0 Å². The summed E-state index contributed by atoms with van der Waals surface area (Å²) in [5.41, 5.74) is 0.245. The van der Waals surface area contributed by atoms with Gasteiger partial charge in [-0.25, -0.2) is 13.5 Å². The van der Waals surface area contributed by atoms with E-state index in [4.69, 9.17) is 16.3 Å². The van der Waals surface area contributed by atoms with Crippen LogP contribution < -0.4 is 5.32 Å². The predicted molar refractivity (Wildman–Crippen MR) is 115 cm³/mol. The third-order valence-electron chi connectivity index (χ3n) is 6.83. The SMILES string of the molecule is O=C1CO[C@H]2CCN(C(=O)N3CCC4(CC3)CN(Sc3ccc(F)cc3Cl)C4)C[C@H]2N1. The van der Waals surface area contributed by atoms with Crippen LogP contribution in [0.25, 0.3) is 0 Å². The van der Waals surface area contributed by atoms with Crippen molar-refractivity contribution >= 4 is 35.5 Å². The number of hydrogen-bond donors (Lipinski definition) is 1. The lowest BCUT2D eigenvalue weighted by Gasteiger charge is -2.53. The van der Waals surface area contributed by atoms with E-state index in [1.807, 2.05) is 9.80 Å². The number of fused-ring (bicyclic) bond motifs is 1. The van der Waals surface area contributed by atoms with Crippen molar-refractivity contribution in [3.8, 4) is 0 Å². The first kappa shape index (κ1) is 21.3. The summed E-state index contributed by atoms with van der Waals surface area (Å²) in [6.07, 6.45) is 2.73. The second-order valence-corrected chi connectivity index (χ2v) is 10.5. The van der Waals surface area contributed by atoms with Gasteiger partial charge in [0.2, 0.25) is 5.91 Å². The molecular weight excluding hydrogens is 443 g/mol. The zero-order valence-corrected chi connectivity index (χ0v) is 18.8. The second-order valence-electron chi connectivity index (χ2n) is 8.99. The molecule has 4 aliphatic rings. The Labute approximate surface area is 190 Å². The van der Waals surface area contributed by atoms with E-state index in [2.05, 4.69) is 9.62 Å². The molecule has 5 rings (SSSR count). The minimum atomic E-state index is -0.325. The Morgan fingerprint density at radius 2 is 2.00 bits per heavy atom. The number of hydrogen-bond acceptors (Lipinski definition) is 5. The number of carbonyl (C=O) groups is 2. The summed E-state index contributed by atoms with van der Waals surface area (Å²) < 4.78 is 21.1. The fourth-order valence-corrected chi connectivity index (χ4v) is 6.52. The van der Waals surface area contributed by atoms with Gasteiger partial charge in [0.15, 0.2) is 0 Å². The molecule has 0 saturated carbocycles. The first-order valence-corrected chi connectivity index (χ1v) is 11.9. The maximum absolute atomic E-state index is 13.2. The van der Waals surface area contributed by atoms with Gasteiger partial charge in [-0.3, -0.25) is 4.79 Å². The van der Waals surface area contributed by atoms with Crippen molar-refractivity contribution in [2.45, 2.75) is 36.3 Å². The summed E-state index contributed by atoms with van der Waals surface area (Å²) in [6.45, 7) is 4.70. The molecule has 0 aliphatic carbocycles. The summed E-state index contributed by atoms with van der Waals surface area (Å²) >= 11 is 7.72. The monoisotopic (exact) mass is 468 g/mol. The molecule has 1 aromatic rings. The van der Waals surface area contributed by atoms with Gasteiger partial charge in [-0.1, -0.05) is 11.6 Å². The molecular formula is C21H26ClFN4O3S.